The predicted octanol–water partition coefficient (Wildman–Crippen LogP) is 5.84. The number of hydrogen-bond acceptors (Lipinski definition) is 5. The van der Waals surface area contributed by atoms with E-state index in [1.807, 2.05) is 60.7 Å². The van der Waals surface area contributed by atoms with Crippen LogP contribution in [0.15, 0.2) is 96.0 Å². The number of pyridine rings is 1. The molecular formula is C29H24N4O2S. The summed E-state index contributed by atoms with van der Waals surface area (Å²) in [5.41, 5.74) is 4.64. The Morgan fingerprint density at radius 2 is 1.58 bits per heavy atom. The van der Waals surface area contributed by atoms with Gasteiger partial charge < -0.3 is 10.6 Å². The molecule has 4 rings (SSSR count). The van der Waals surface area contributed by atoms with Crippen LogP contribution in [-0.4, -0.2) is 22.6 Å². The Labute approximate surface area is 214 Å². The first-order chi connectivity index (χ1) is 17.5. The number of para-hydroxylation sites is 2. The third-order valence-corrected chi connectivity index (χ3v) is 6.43. The van der Waals surface area contributed by atoms with Crippen LogP contribution in [0.4, 0.5) is 11.4 Å². The lowest BCUT2D eigenvalue weighted by molar-refractivity contribution is -0.113. The van der Waals surface area contributed by atoms with Crippen molar-refractivity contribution >= 4 is 35.0 Å². The van der Waals surface area contributed by atoms with E-state index in [0.717, 1.165) is 16.8 Å². The Balaban J connectivity index is 1.42. The summed E-state index contributed by atoms with van der Waals surface area (Å²) in [6, 6.07) is 30.5. The minimum absolute atomic E-state index is 0.0797. The van der Waals surface area contributed by atoms with Crippen molar-refractivity contribution in [2.75, 3.05) is 16.4 Å². The molecule has 3 aromatic carbocycles. The van der Waals surface area contributed by atoms with Crippen molar-refractivity contribution in [2.24, 2.45) is 0 Å². The maximum Gasteiger partial charge on any atom is 0.257 e. The highest BCUT2D eigenvalue weighted by Crippen LogP contribution is 2.25. The largest absolute Gasteiger partial charge is 0.325 e. The quantitative estimate of drug-likeness (QED) is 0.302. The Hall–Kier alpha value is -4.41. The van der Waals surface area contributed by atoms with Gasteiger partial charge in [0.2, 0.25) is 5.91 Å². The Morgan fingerprint density at radius 3 is 2.31 bits per heavy atom. The van der Waals surface area contributed by atoms with Crippen LogP contribution in [0.5, 0.6) is 0 Å². The molecule has 7 heteroatoms. The monoisotopic (exact) mass is 492 g/mol. The molecule has 1 heterocycles. The number of hydrogen-bond donors (Lipinski definition) is 2. The first kappa shape index (κ1) is 24.7. The van der Waals surface area contributed by atoms with Gasteiger partial charge in [0, 0.05) is 11.4 Å². The summed E-state index contributed by atoms with van der Waals surface area (Å²) >= 11 is 1.17. The van der Waals surface area contributed by atoms with Gasteiger partial charge in [-0.05, 0) is 48.7 Å². The van der Waals surface area contributed by atoms with E-state index in [1.54, 1.807) is 19.1 Å². The summed E-state index contributed by atoms with van der Waals surface area (Å²) in [6.07, 6.45) is 0.705. The van der Waals surface area contributed by atoms with E-state index in [1.165, 1.54) is 17.8 Å². The SMILES string of the molecule is Cc1nc(SCC(=O)Nc2ccccc2Cc2ccccc2)c(C#N)cc1C(=O)Nc1ccccc1. The van der Waals surface area contributed by atoms with Crippen molar-refractivity contribution in [3.8, 4) is 6.07 Å². The minimum Gasteiger partial charge on any atom is -0.325 e. The lowest BCUT2D eigenvalue weighted by Crippen LogP contribution is -2.17. The number of aromatic nitrogens is 1. The summed E-state index contributed by atoms with van der Waals surface area (Å²) < 4.78 is 0. The minimum atomic E-state index is -0.341. The molecule has 0 atom stereocenters. The number of nitrogens with one attached hydrogen (secondary N) is 2. The lowest BCUT2D eigenvalue weighted by atomic mass is 10.0. The van der Waals surface area contributed by atoms with E-state index in [4.69, 9.17) is 0 Å². The van der Waals surface area contributed by atoms with Gasteiger partial charge in [0.1, 0.15) is 11.1 Å². The van der Waals surface area contributed by atoms with Crippen LogP contribution >= 0.6 is 11.8 Å². The van der Waals surface area contributed by atoms with Crippen molar-refractivity contribution in [3.05, 3.63) is 119 Å². The highest BCUT2D eigenvalue weighted by Gasteiger charge is 2.17. The molecule has 0 aliphatic carbocycles. The maximum atomic E-state index is 12.7. The van der Waals surface area contributed by atoms with Gasteiger partial charge in [-0.25, -0.2) is 4.98 Å². The molecule has 0 fully saturated rings. The summed E-state index contributed by atoms with van der Waals surface area (Å²) in [6.45, 7) is 1.71. The smallest absolute Gasteiger partial charge is 0.257 e. The average molecular weight is 493 g/mol. The first-order valence-corrected chi connectivity index (χ1v) is 12.3. The molecule has 1 aromatic heterocycles. The number of rotatable bonds is 8. The Morgan fingerprint density at radius 1 is 0.917 bits per heavy atom. The molecule has 0 aliphatic rings. The molecule has 0 saturated carbocycles. The predicted molar refractivity (Wildman–Crippen MR) is 143 cm³/mol. The molecule has 6 nitrogen and oxygen atoms in total. The van der Waals surface area contributed by atoms with Crippen molar-refractivity contribution in [1.29, 1.82) is 5.26 Å². The molecule has 0 spiro atoms. The number of carbonyl (C=O) groups excluding carboxylic acids is 2. The molecule has 178 valence electrons. The summed E-state index contributed by atoms with van der Waals surface area (Å²) in [5.74, 6) is -0.460. The van der Waals surface area contributed by atoms with Gasteiger partial charge in [-0.15, -0.1) is 0 Å². The van der Waals surface area contributed by atoms with Crippen LogP contribution < -0.4 is 10.6 Å². The molecule has 0 aliphatic heterocycles. The van der Waals surface area contributed by atoms with Crippen LogP contribution in [0.3, 0.4) is 0 Å². The molecule has 2 N–H and O–H groups in total. The van der Waals surface area contributed by atoms with Crippen molar-refractivity contribution in [1.82, 2.24) is 4.98 Å². The summed E-state index contributed by atoms with van der Waals surface area (Å²) in [5, 5.41) is 15.8. The second-order valence-electron chi connectivity index (χ2n) is 8.06. The van der Waals surface area contributed by atoms with Gasteiger partial charge in [-0.2, -0.15) is 5.26 Å². The van der Waals surface area contributed by atoms with Gasteiger partial charge in [-0.3, -0.25) is 9.59 Å². The van der Waals surface area contributed by atoms with Crippen molar-refractivity contribution in [3.63, 3.8) is 0 Å². The van der Waals surface area contributed by atoms with Crippen molar-refractivity contribution in [2.45, 2.75) is 18.4 Å². The maximum absolute atomic E-state index is 12.7. The molecule has 0 saturated heterocycles. The van der Waals surface area contributed by atoms with E-state index in [0.29, 0.717) is 28.4 Å². The van der Waals surface area contributed by atoms with Crippen LogP contribution in [-0.2, 0) is 11.2 Å². The zero-order valence-electron chi connectivity index (χ0n) is 19.7. The van der Waals surface area contributed by atoms with Gasteiger partial charge in [0.25, 0.3) is 5.91 Å². The van der Waals surface area contributed by atoms with Gasteiger partial charge in [0.15, 0.2) is 0 Å². The number of benzene rings is 3. The Kier molecular flexibility index (Phi) is 8.12. The fourth-order valence-electron chi connectivity index (χ4n) is 3.66. The second-order valence-corrected chi connectivity index (χ2v) is 9.03. The van der Waals surface area contributed by atoms with Crippen LogP contribution in [0.2, 0.25) is 0 Å². The van der Waals surface area contributed by atoms with E-state index >= 15 is 0 Å². The topological polar surface area (TPSA) is 94.9 Å². The molecule has 0 radical (unpaired) electrons. The molecular weight excluding hydrogens is 468 g/mol. The normalized spacial score (nSPS) is 10.3. The third kappa shape index (κ3) is 6.38. The highest BCUT2D eigenvalue weighted by molar-refractivity contribution is 8.00. The first-order valence-electron chi connectivity index (χ1n) is 11.4. The molecule has 0 bridgehead atoms. The number of thioether (sulfide) groups is 1. The molecule has 2 amide bonds. The zero-order chi connectivity index (χ0) is 25.3. The fraction of sp³-hybridized carbons (Fsp3) is 0.103. The summed E-state index contributed by atoms with van der Waals surface area (Å²) in [4.78, 5) is 29.9. The number of carbonyl (C=O) groups is 2. The van der Waals surface area contributed by atoms with Crippen LogP contribution in [0, 0.1) is 18.3 Å². The number of amides is 2. The average Bonchev–Trinajstić information content (AvgIpc) is 2.90. The number of nitrogens with zero attached hydrogens (tertiary/aromatic N) is 2. The number of anilines is 2. The van der Waals surface area contributed by atoms with Crippen molar-refractivity contribution < 1.29 is 9.59 Å². The fourth-order valence-corrected chi connectivity index (χ4v) is 4.46. The van der Waals surface area contributed by atoms with Gasteiger partial charge in [-0.1, -0.05) is 78.5 Å². The second kappa shape index (κ2) is 11.8. The third-order valence-electron chi connectivity index (χ3n) is 5.44. The number of nitriles is 1. The zero-order valence-corrected chi connectivity index (χ0v) is 20.5. The van der Waals surface area contributed by atoms with E-state index in [9.17, 15) is 14.9 Å². The Bertz CT molecular complexity index is 1420. The van der Waals surface area contributed by atoms with Gasteiger partial charge >= 0.3 is 0 Å². The van der Waals surface area contributed by atoms with Crippen LogP contribution in [0.1, 0.15) is 32.7 Å². The standard InChI is InChI=1S/C29H24N4O2S/c1-20-25(28(35)32-24-13-6-3-7-14-24)17-23(18-30)29(31-20)36-19-27(34)33-26-15-9-8-12-22(26)16-21-10-4-2-5-11-21/h2-15,17H,16,19H2,1H3,(H,32,35)(H,33,34). The molecule has 36 heavy (non-hydrogen) atoms. The van der Waals surface area contributed by atoms with Gasteiger partial charge in [0.05, 0.1) is 22.6 Å². The van der Waals surface area contributed by atoms with E-state index in [-0.39, 0.29) is 23.1 Å². The van der Waals surface area contributed by atoms with E-state index in [2.05, 4.69) is 33.8 Å². The highest BCUT2D eigenvalue weighted by atomic mass is 32.2. The lowest BCUT2D eigenvalue weighted by Gasteiger charge is -2.12. The summed E-state index contributed by atoms with van der Waals surface area (Å²) in [7, 11) is 0. The van der Waals surface area contributed by atoms with E-state index < -0.39 is 0 Å². The molecule has 0 unspecified atom stereocenters. The number of aryl methyl sites for hydroxylation is 1. The van der Waals surface area contributed by atoms with Crippen LogP contribution in [0.25, 0.3) is 0 Å². The molecule has 4 aromatic rings.